The molecule has 1 saturated heterocycles. The zero-order valence-electron chi connectivity index (χ0n) is 9.61. The molecule has 2 rings (SSSR count). The van der Waals surface area contributed by atoms with Gasteiger partial charge in [0.15, 0.2) is 0 Å². The zero-order chi connectivity index (χ0) is 11.4. The van der Waals surface area contributed by atoms with Crippen LogP contribution in [-0.4, -0.2) is 30.4 Å². The van der Waals surface area contributed by atoms with Crippen LogP contribution in [0, 0.1) is 0 Å². The standard InChI is InChI=1S/C12H18N2O2/c1-14(8-10-5-7-16-9-10)12(15)11-4-2-3-6-13-11/h5,7,9,11,13H,2-4,6,8H2,1H3/t11-/m1/s1. The van der Waals surface area contributed by atoms with Crippen LogP contribution in [0.15, 0.2) is 23.0 Å². The highest BCUT2D eigenvalue weighted by Crippen LogP contribution is 2.11. The van der Waals surface area contributed by atoms with Gasteiger partial charge in [0.25, 0.3) is 0 Å². The van der Waals surface area contributed by atoms with Crippen molar-refractivity contribution in [3.05, 3.63) is 24.2 Å². The Morgan fingerprint density at radius 1 is 1.62 bits per heavy atom. The molecule has 1 N–H and O–H groups in total. The van der Waals surface area contributed by atoms with E-state index in [-0.39, 0.29) is 11.9 Å². The minimum absolute atomic E-state index is 0.00523. The maximum absolute atomic E-state index is 12.1. The molecular formula is C12H18N2O2. The lowest BCUT2D eigenvalue weighted by Crippen LogP contribution is -2.46. The molecule has 4 heteroatoms. The Bertz CT molecular complexity index is 329. The van der Waals surface area contributed by atoms with Gasteiger partial charge in [-0.25, -0.2) is 0 Å². The lowest BCUT2D eigenvalue weighted by molar-refractivity contribution is -0.133. The van der Waals surface area contributed by atoms with E-state index in [9.17, 15) is 4.79 Å². The van der Waals surface area contributed by atoms with Crippen LogP contribution in [0.1, 0.15) is 24.8 Å². The number of rotatable bonds is 3. The lowest BCUT2D eigenvalue weighted by atomic mass is 10.0. The quantitative estimate of drug-likeness (QED) is 0.840. The molecule has 1 aliphatic rings. The summed E-state index contributed by atoms with van der Waals surface area (Å²) in [5, 5.41) is 3.26. The fraction of sp³-hybridized carbons (Fsp3) is 0.583. The van der Waals surface area contributed by atoms with Crippen LogP contribution in [0.3, 0.4) is 0 Å². The van der Waals surface area contributed by atoms with E-state index in [1.54, 1.807) is 17.4 Å². The fourth-order valence-corrected chi connectivity index (χ4v) is 2.06. The van der Waals surface area contributed by atoms with E-state index in [1.807, 2.05) is 13.1 Å². The number of hydrogen-bond acceptors (Lipinski definition) is 3. The van der Waals surface area contributed by atoms with Crippen molar-refractivity contribution < 1.29 is 9.21 Å². The fourth-order valence-electron chi connectivity index (χ4n) is 2.06. The number of amides is 1. The van der Waals surface area contributed by atoms with Gasteiger partial charge < -0.3 is 14.6 Å². The van der Waals surface area contributed by atoms with Crippen LogP contribution < -0.4 is 5.32 Å². The average Bonchev–Trinajstić information content (AvgIpc) is 2.82. The Morgan fingerprint density at radius 2 is 2.50 bits per heavy atom. The van der Waals surface area contributed by atoms with Crippen molar-refractivity contribution in [3.63, 3.8) is 0 Å². The summed E-state index contributed by atoms with van der Waals surface area (Å²) in [6.45, 7) is 1.57. The van der Waals surface area contributed by atoms with Gasteiger partial charge in [-0.15, -0.1) is 0 Å². The summed E-state index contributed by atoms with van der Waals surface area (Å²) in [4.78, 5) is 13.8. The number of nitrogens with one attached hydrogen (secondary N) is 1. The Morgan fingerprint density at radius 3 is 3.12 bits per heavy atom. The van der Waals surface area contributed by atoms with Gasteiger partial charge in [-0.3, -0.25) is 4.79 Å². The largest absolute Gasteiger partial charge is 0.472 e. The zero-order valence-corrected chi connectivity index (χ0v) is 9.61. The van der Waals surface area contributed by atoms with Crippen molar-refractivity contribution in [2.75, 3.05) is 13.6 Å². The molecule has 1 aromatic heterocycles. The monoisotopic (exact) mass is 222 g/mol. The Labute approximate surface area is 95.6 Å². The average molecular weight is 222 g/mol. The minimum atomic E-state index is 0.00523. The summed E-state index contributed by atoms with van der Waals surface area (Å²) in [6, 6.07) is 1.89. The molecule has 2 heterocycles. The minimum Gasteiger partial charge on any atom is -0.472 e. The molecule has 1 aliphatic heterocycles. The molecule has 0 spiro atoms. The summed E-state index contributed by atoms with van der Waals surface area (Å²) in [5.74, 6) is 0.181. The second kappa shape index (κ2) is 5.16. The van der Waals surface area contributed by atoms with Crippen molar-refractivity contribution in [1.82, 2.24) is 10.2 Å². The van der Waals surface area contributed by atoms with Crippen molar-refractivity contribution >= 4 is 5.91 Å². The van der Waals surface area contributed by atoms with Gasteiger partial charge in [0.2, 0.25) is 5.91 Å². The van der Waals surface area contributed by atoms with Crippen LogP contribution in [0.25, 0.3) is 0 Å². The lowest BCUT2D eigenvalue weighted by Gasteiger charge is -2.27. The highest BCUT2D eigenvalue weighted by atomic mass is 16.3. The van der Waals surface area contributed by atoms with Crippen LogP contribution >= 0.6 is 0 Å². The van der Waals surface area contributed by atoms with E-state index in [0.717, 1.165) is 24.9 Å². The second-order valence-electron chi connectivity index (χ2n) is 4.33. The molecule has 88 valence electrons. The highest BCUT2D eigenvalue weighted by Gasteiger charge is 2.23. The molecule has 1 atom stereocenters. The topological polar surface area (TPSA) is 45.5 Å². The molecule has 0 unspecified atom stereocenters. The van der Waals surface area contributed by atoms with E-state index < -0.39 is 0 Å². The summed E-state index contributed by atoms with van der Waals surface area (Å²) >= 11 is 0. The number of likely N-dealkylation sites (N-methyl/N-ethyl adjacent to an activating group) is 1. The number of furan rings is 1. The van der Waals surface area contributed by atoms with Crippen LogP contribution in [0.5, 0.6) is 0 Å². The molecule has 0 bridgehead atoms. The smallest absolute Gasteiger partial charge is 0.239 e. The van der Waals surface area contributed by atoms with Crippen molar-refractivity contribution in [2.45, 2.75) is 31.8 Å². The first-order chi connectivity index (χ1) is 7.77. The van der Waals surface area contributed by atoms with Gasteiger partial charge in [0, 0.05) is 19.2 Å². The molecule has 4 nitrogen and oxygen atoms in total. The molecule has 0 radical (unpaired) electrons. The summed E-state index contributed by atoms with van der Waals surface area (Å²) < 4.78 is 4.99. The molecule has 1 aromatic rings. The molecule has 0 aromatic carbocycles. The number of carbonyl (C=O) groups is 1. The Kier molecular flexibility index (Phi) is 3.62. The number of piperidine rings is 1. The van der Waals surface area contributed by atoms with Crippen molar-refractivity contribution in [2.24, 2.45) is 0 Å². The summed E-state index contributed by atoms with van der Waals surface area (Å²) in [7, 11) is 1.84. The maximum Gasteiger partial charge on any atom is 0.239 e. The van der Waals surface area contributed by atoms with E-state index in [4.69, 9.17) is 4.42 Å². The maximum atomic E-state index is 12.1. The number of hydrogen-bond donors (Lipinski definition) is 1. The van der Waals surface area contributed by atoms with Gasteiger partial charge in [-0.2, -0.15) is 0 Å². The highest BCUT2D eigenvalue weighted by molar-refractivity contribution is 5.81. The van der Waals surface area contributed by atoms with E-state index in [2.05, 4.69) is 5.32 Å². The van der Waals surface area contributed by atoms with Crippen molar-refractivity contribution in [1.29, 1.82) is 0 Å². The first kappa shape index (κ1) is 11.2. The predicted molar refractivity (Wildman–Crippen MR) is 60.8 cm³/mol. The molecule has 16 heavy (non-hydrogen) atoms. The summed E-state index contributed by atoms with van der Waals surface area (Å²) in [5.41, 5.74) is 1.03. The van der Waals surface area contributed by atoms with E-state index >= 15 is 0 Å². The van der Waals surface area contributed by atoms with Crippen LogP contribution in [0.4, 0.5) is 0 Å². The predicted octanol–water partition coefficient (Wildman–Crippen LogP) is 1.38. The van der Waals surface area contributed by atoms with Crippen LogP contribution in [0.2, 0.25) is 0 Å². The summed E-state index contributed by atoms with van der Waals surface area (Å²) in [6.07, 6.45) is 6.58. The second-order valence-corrected chi connectivity index (χ2v) is 4.33. The normalized spacial score (nSPS) is 20.7. The molecule has 1 amide bonds. The third-order valence-corrected chi connectivity index (χ3v) is 2.98. The van der Waals surface area contributed by atoms with Gasteiger partial charge in [-0.05, 0) is 25.5 Å². The number of carbonyl (C=O) groups excluding carboxylic acids is 1. The van der Waals surface area contributed by atoms with Crippen LogP contribution in [-0.2, 0) is 11.3 Å². The van der Waals surface area contributed by atoms with Gasteiger partial charge in [0.05, 0.1) is 18.6 Å². The first-order valence-electron chi connectivity index (χ1n) is 5.77. The third kappa shape index (κ3) is 2.64. The Balaban J connectivity index is 1.88. The van der Waals surface area contributed by atoms with Gasteiger partial charge in [-0.1, -0.05) is 6.42 Å². The SMILES string of the molecule is CN(Cc1ccoc1)C(=O)[C@H]1CCCCN1. The molecule has 0 aliphatic carbocycles. The third-order valence-electron chi connectivity index (χ3n) is 2.98. The van der Waals surface area contributed by atoms with Gasteiger partial charge >= 0.3 is 0 Å². The molecule has 1 fully saturated rings. The molecular weight excluding hydrogens is 204 g/mol. The first-order valence-corrected chi connectivity index (χ1v) is 5.77. The van der Waals surface area contributed by atoms with E-state index in [1.165, 1.54) is 6.42 Å². The Hall–Kier alpha value is -1.29. The van der Waals surface area contributed by atoms with Crippen molar-refractivity contribution in [3.8, 4) is 0 Å². The van der Waals surface area contributed by atoms with E-state index in [0.29, 0.717) is 6.54 Å². The van der Waals surface area contributed by atoms with Gasteiger partial charge in [0.1, 0.15) is 0 Å². The number of nitrogens with zero attached hydrogens (tertiary/aromatic N) is 1. The molecule has 0 saturated carbocycles.